The van der Waals surface area contributed by atoms with E-state index in [0.717, 1.165) is 56.5 Å². The highest BCUT2D eigenvalue weighted by Crippen LogP contribution is 2.54. The van der Waals surface area contributed by atoms with Gasteiger partial charge in [-0.15, -0.1) is 0 Å². The lowest BCUT2D eigenvalue weighted by molar-refractivity contribution is 0.187. The average molecular weight is 454 g/mol. The Kier molecular flexibility index (Phi) is 4.09. The first kappa shape index (κ1) is 19.9. The third-order valence-electron chi connectivity index (χ3n) is 8.51. The summed E-state index contributed by atoms with van der Waals surface area (Å²) in [5.41, 5.74) is 11.6. The molecule has 0 radical (unpaired) electrons. The summed E-state index contributed by atoms with van der Waals surface area (Å²) < 4.78 is 0. The standard InChI is InChI=1S/C26H27N7O/c27-20-18-6-2-1-4-16(18)14-25(20)9-12-33(13-10-25)24-29-22-19(23(34)30-24)21(31-32-22)26(7-8-26)17-5-3-11-28-15-17/h1-6,11,15,20H,7-10,12-14,27H2,(H2,29,30,31,32,34)/t20-/m1/s1. The summed E-state index contributed by atoms with van der Waals surface area (Å²) in [6.45, 7) is 1.63. The Morgan fingerprint density at radius 2 is 1.88 bits per heavy atom. The molecule has 0 amide bonds. The van der Waals surface area contributed by atoms with E-state index >= 15 is 0 Å². The topological polar surface area (TPSA) is 117 Å². The lowest BCUT2D eigenvalue weighted by Gasteiger charge is -2.42. The van der Waals surface area contributed by atoms with Crippen molar-refractivity contribution in [3.63, 3.8) is 0 Å². The second-order valence-electron chi connectivity index (χ2n) is 10.2. The number of hydrogen-bond acceptors (Lipinski definition) is 6. The van der Waals surface area contributed by atoms with Crippen LogP contribution in [0.5, 0.6) is 0 Å². The largest absolute Gasteiger partial charge is 0.342 e. The van der Waals surface area contributed by atoms with Gasteiger partial charge in [0, 0.05) is 36.9 Å². The van der Waals surface area contributed by atoms with Crippen LogP contribution in [-0.2, 0) is 11.8 Å². The predicted octanol–water partition coefficient (Wildman–Crippen LogP) is 2.96. The molecule has 3 aromatic heterocycles. The summed E-state index contributed by atoms with van der Waals surface area (Å²) in [5, 5.41) is 8.16. The molecule has 4 N–H and O–H groups in total. The first-order valence-corrected chi connectivity index (χ1v) is 12.1. The molecule has 34 heavy (non-hydrogen) atoms. The number of aromatic amines is 2. The summed E-state index contributed by atoms with van der Waals surface area (Å²) in [4.78, 5) is 27.5. The van der Waals surface area contributed by atoms with E-state index in [2.05, 4.69) is 55.4 Å². The van der Waals surface area contributed by atoms with E-state index in [1.165, 1.54) is 11.1 Å². The van der Waals surface area contributed by atoms with Crippen LogP contribution in [0.2, 0.25) is 0 Å². The Morgan fingerprint density at radius 1 is 1.06 bits per heavy atom. The van der Waals surface area contributed by atoms with Gasteiger partial charge in [0.05, 0.1) is 5.69 Å². The van der Waals surface area contributed by atoms with E-state index < -0.39 is 0 Å². The number of piperidine rings is 1. The minimum absolute atomic E-state index is 0.0662. The Bertz CT molecular complexity index is 1450. The van der Waals surface area contributed by atoms with Gasteiger partial charge >= 0.3 is 0 Å². The van der Waals surface area contributed by atoms with Gasteiger partial charge in [-0.25, -0.2) is 0 Å². The number of anilines is 1. The van der Waals surface area contributed by atoms with Crippen molar-refractivity contribution in [1.82, 2.24) is 25.1 Å². The molecule has 1 saturated carbocycles. The van der Waals surface area contributed by atoms with Gasteiger partial charge in [-0.2, -0.15) is 10.1 Å². The molecule has 8 nitrogen and oxygen atoms in total. The SMILES string of the molecule is N[C@@H]1c2ccccc2CC12CCN(c1nc3n[nH]c(C4(c5cccnc5)CC4)c3c(=O)[nH]1)CC2. The number of nitrogens with one attached hydrogen (secondary N) is 2. The molecule has 2 fully saturated rings. The molecule has 7 rings (SSSR count). The zero-order valence-electron chi connectivity index (χ0n) is 18.9. The van der Waals surface area contributed by atoms with E-state index in [1.54, 1.807) is 6.20 Å². The van der Waals surface area contributed by atoms with Gasteiger partial charge in [-0.3, -0.25) is 19.9 Å². The van der Waals surface area contributed by atoms with Crippen molar-refractivity contribution in [2.45, 2.75) is 43.6 Å². The molecule has 1 aromatic carbocycles. The van der Waals surface area contributed by atoms with Crippen LogP contribution >= 0.6 is 0 Å². The number of aromatic nitrogens is 5. The molecule has 1 aliphatic heterocycles. The maximum Gasteiger partial charge on any atom is 0.263 e. The van der Waals surface area contributed by atoms with Crippen LogP contribution < -0.4 is 16.2 Å². The van der Waals surface area contributed by atoms with Crippen LogP contribution in [0.15, 0.2) is 53.6 Å². The van der Waals surface area contributed by atoms with E-state index in [0.29, 0.717) is 17.0 Å². The smallest absolute Gasteiger partial charge is 0.263 e. The summed E-state index contributed by atoms with van der Waals surface area (Å²) in [6, 6.07) is 12.6. The number of benzene rings is 1. The Balaban J connectivity index is 1.17. The van der Waals surface area contributed by atoms with Crippen molar-refractivity contribution in [1.29, 1.82) is 0 Å². The molecular weight excluding hydrogens is 426 g/mol. The number of fused-ring (bicyclic) bond motifs is 2. The molecule has 4 heterocycles. The molecule has 4 aromatic rings. The Morgan fingerprint density at radius 3 is 2.62 bits per heavy atom. The first-order valence-electron chi connectivity index (χ1n) is 12.1. The van der Waals surface area contributed by atoms with Crippen LogP contribution in [0.4, 0.5) is 5.95 Å². The lowest BCUT2D eigenvalue weighted by atomic mass is 9.73. The molecular formula is C26H27N7O. The molecule has 8 heteroatoms. The quantitative estimate of drug-likeness (QED) is 0.439. The van der Waals surface area contributed by atoms with Gasteiger partial charge in [-0.05, 0) is 60.3 Å². The molecule has 2 aliphatic carbocycles. The molecule has 1 atom stereocenters. The van der Waals surface area contributed by atoms with Crippen molar-refractivity contribution < 1.29 is 0 Å². The van der Waals surface area contributed by atoms with Crippen LogP contribution in [-0.4, -0.2) is 38.2 Å². The van der Waals surface area contributed by atoms with Crippen molar-refractivity contribution >= 4 is 17.0 Å². The monoisotopic (exact) mass is 453 g/mol. The van der Waals surface area contributed by atoms with Gasteiger partial charge in [0.2, 0.25) is 5.95 Å². The van der Waals surface area contributed by atoms with Crippen LogP contribution in [0, 0.1) is 5.41 Å². The maximum absolute atomic E-state index is 13.3. The number of nitrogens with zero attached hydrogens (tertiary/aromatic N) is 4. The van der Waals surface area contributed by atoms with Crippen molar-refractivity contribution in [2.75, 3.05) is 18.0 Å². The second-order valence-corrected chi connectivity index (χ2v) is 10.2. The van der Waals surface area contributed by atoms with E-state index in [9.17, 15) is 4.79 Å². The van der Waals surface area contributed by atoms with Crippen molar-refractivity contribution in [3.05, 3.63) is 81.5 Å². The molecule has 1 saturated heterocycles. The zero-order chi connectivity index (χ0) is 22.9. The highest BCUT2D eigenvalue weighted by atomic mass is 16.1. The summed E-state index contributed by atoms with van der Waals surface area (Å²) >= 11 is 0. The number of nitrogens with two attached hydrogens (primary N) is 1. The highest BCUT2D eigenvalue weighted by Gasteiger charge is 2.49. The van der Waals surface area contributed by atoms with Crippen molar-refractivity contribution in [3.8, 4) is 0 Å². The Hall–Kier alpha value is -3.52. The molecule has 3 aliphatic rings. The highest BCUT2D eigenvalue weighted by molar-refractivity contribution is 5.80. The van der Waals surface area contributed by atoms with Crippen LogP contribution in [0.1, 0.15) is 54.1 Å². The van der Waals surface area contributed by atoms with Crippen molar-refractivity contribution in [2.24, 2.45) is 11.1 Å². The molecule has 1 spiro atoms. The van der Waals surface area contributed by atoms with Gasteiger partial charge in [0.15, 0.2) is 5.65 Å². The summed E-state index contributed by atoms with van der Waals surface area (Å²) in [5.74, 6) is 0.598. The third-order valence-corrected chi connectivity index (χ3v) is 8.51. The zero-order valence-corrected chi connectivity index (χ0v) is 18.9. The number of rotatable bonds is 3. The second kappa shape index (κ2) is 6.99. The van der Waals surface area contributed by atoms with Gasteiger partial charge in [0.25, 0.3) is 5.56 Å². The van der Waals surface area contributed by atoms with E-state index in [4.69, 9.17) is 10.7 Å². The van der Waals surface area contributed by atoms with Gasteiger partial charge in [-0.1, -0.05) is 30.3 Å². The molecule has 172 valence electrons. The summed E-state index contributed by atoms with van der Waals surface area (Å²) in [7, 11) is 0. The normalized spacial score (nSPS) is 22.3. The summed E-state index contributed by atoms with van der Waals surface area (Å²) in [6.07, 6.45) is 8.56. The number of H-pyrrole nitrogens is 2. The molecule has 0 bridgehead atoms. The third kappa shape index (κ3) is 2.75. The van der Waals surface area contributed by atoms with E-state index in [-0.39, 0.29) is 22.4 Å². The molecule has 0 unspecified atom stereocenters. The fourth-order valence-corrected chi connectivity index (χ4v) is 6.34. The Labute approximate surface area is 196 Å². The van der Waals surface area contributed by atoms with Gasteiger partial charge in [0.1, 0.15) is 5.39 Å². The van der Waals surface area contributed by atoms with Crippen LogP contribution in [0.3, 0.4) is 0 Å². The first-order chi connectivity index (χ1) is 16.6. The van der Waals surface area contributed by atoms with Crippen LogP contribution in [0.25, 0.3) is 11.0 Å². The fraction of sp³-hybridized carbons (Fsp3) is 0.385. The number of hydrogen-bond donors (Lipinski definition) is 3. The predicted molar refractivity (Wildman–Crippen MR) is 130 cm³/mol. The fourth-order valence-electron chi connectivity index (χ4n) is 6.34. The number of pyridine rings is 1. The van der Waals surface area contributed by atoms with Gasteiger partial charge < -0.3 is 10.6 Å². The lowest BCUT2D eigenvalue weighted by Crippen LogP contribution is -2.45. The minimum atomic E-state index is -0.218. The van der Waals surface area contributed by atoms with E-state index in [1.807, 2.05) is 12.3 Å². The maximum atomic E-state index is 13.3. The minimum Gasteiger partial charge on any atom is -0.342 e. The average Bonchev–Trinajstić information content (AvgIpc) is 3.49.